The largest absolute Gasteiger partial charge is 0.309 e. The smallest absolute Gasteiger partial charge is 0.165 e. The van der Waals surface area contributed by atoms with Gasteiger partial charge in [-0.25, -0.2) is 15.0 Å². The highest BCUT2D eigenvalue weighted by atomic mass is 15.1. The van der Waals surface area contributed by atoms with Gasteiger partial charge in [-0.3, -0.25) is 0 Å². The Balaban J connectivity index is 1.13. The third-order valence-corrected chi connectivity index (χ3v) is 15.7. The van der Waals surface area contributed by atoms with Gasteiger partial charge in [-0.1, -0.05) is 114 Å². The van der Waals surface area contributed by atoms with E-state index in [0.717, 1.165) is 53.9 Å². The second kappa shape index (κ2) is 14.4. The van der Waals surface area contributed by atoms with E-state index in [4.69, 9.17) is 15.0 Å². The van der Waals surface area contributed by atoms with Gasteiger partial charge in [0.25, 0.3) is 0 Å². The average molecular weight is 790 g/mol. The maximum atomic E-state index is 5.78. The van der Waals surface area contributed by atoms with Crippen LogP contribution in [-0.4, -0.2) is 24.1 Å². The van der Waals surface area contributed by atoms with E-state index < -0.39 is 0 Å². The SMILES string of the molecule is CCC1(c2nc(-c3ccccc3-n3c4ccccc4c4cc(-n5c6ccccc6c6ccccc65)ccc43)nc(C34CCC(C[C@@H](C)C3)[C@H](C)C4)n2)C[C@H](C)CC[C@H](C)C1. The van der Waals surface area contributed by atoms with Gasteiger partial charge < -0.3 is 9.13 Å². The predicted octanol–water partition coefficient (Wildman–Crippen LogP) is 14.3. The van der Waals surface area contributed by atoms with Crippen molar-refractivity contribution in [3.8, 4) is 22.8 Å². The Morgan fingerprint density at radius 2 is 1.13 bits per heavy atom. The van der Waals surface area contributed by atoms with Crippen molar-refractivity contribution in [2.24, 2.45) is 29.6 Å². The zero-order chi connectivity index (χ0) is 40.8. The van der Waals surface area contributed by atoms with Crippen molar-refractivity contribution >= 4 is 43.6 Å². The number of rotatable bonds is 6. The third-order valence-electron chi connectivity index (χ3n) is 15.7. The molecule has 0 radical (unpaired) electrons. The van der Waals surface area contributed by atoms with E-state index in [1.165, 1.54) is 94.2 Å². The van der Waals surface area contributed by atoms with E-state index >= 15 is 0 Å². The number of aromatic nitrogens is 5. The molecule has 3 unspecified atom stereocenters. The third kappa shape index (κ3) is 5.97. The molecule has 8 aromatic rings. The van der Waals surface area contributed by atoms with Gasteiger partial charge in [-0.15, -0.1) is 0 Å². The van der Waals surface area contributed by atoms with Crippen LogP contribution >= 0.6 is 0 Å². The summed E-state index contributed by atoms with van der Waals surface area (Å²) in [6.07, 6.45) is 12.0. The molecule has 5 nitrogen and oxygen atoms in total. The normalized spacial score (nSPS) is 27.2. The molecule has 0 amide bonds. The zero-order valence-electron chi connectivity index (χ0n) is 36.2. The van der Waals surface area contributed by atoms with Crippen LogP contribution in [0.2, 0.25) is 0 Å². The molecule has 4 aliphatic rings. The van der Waals surface area contributed by atoms with Crippen molar-refractivity contribution in [3.05, 3.63) is 127 Å². The van der Waals surface area contributed by atoms with Crippen LogP contribution in [0.4, 0.5) is 0 Å². The lowest BCUT2D eigenvalue weighted by Crippen LogP contribution is -2.38. The quantitative estimate of drug-likeness (QED) is 0.158. The molecule has 0 N–H and O–H groups in total. The highest BCUT2D eigenvalue weighted by Gasteiger charge is 2.48. The van der Waals surface area contributed by atoms with Gasteiger partial charge in [0.1, 0.15) is 11.6 Å². The predicted molar refractivity (Wildman–Crippen MR) is 249 cm³/mol. The molecule has 0 aliphatic heterocycles. The molecule has 4 aliphatic carbocycles. The van der Waals surface area contributed by atoms with Crippen molar-refractivity contribution in [1.82, 2.24) is 24.1 Å². The van der Waals surface area contributed by atoms with Crippen LogP contribution in [0, 0.1) is 29.6 Å². The lowest BCUT2D eigenvalue weighted by atomic mass is 9.66. The van der Waals surface area contributed by atoms with Gasteiger partial charge in [0, 0.05) is 43.6 Å². The minimum absolute atomic E-state index is 0.0137. The molecule has 60 heavy (non-hydrogen) atoms. The van der Waals surface area contributed by atoms with Gasteiger partial charge in [-0.05, 0) is 129 Å². The Morgan fingerprint density at radius 1 is 0.550 bits per heavy atom. The number of hydrogen-bond acceptors (Lipinski definition) is 3. The first-order valence-corrected chi connectivity index (χ1v) is 23.1. The van der Waals surface area contributed by atoms with Crippen molar-refractivity contribution in [2.45, 2.75) is 110 Å². The topological polar surface area (TPSA) is 48.5 Å². The Kier molecular flexibility index (Phi) is 9.06. The second-order valence-corrected chi connectivity index (χ2v) is 19.9. The Morgan fingerprint density at radius 3 is 1.80 bits per heavy atom. The first kappa shape index (κ1) is 37.7. The van der Waals surface area contributed by atoms with Gasteiger partial charge >= 0.3 is 0 Å². The van der Waals surface area contributed by atoms with Gasteiger partial charge in [-0.2, -0.15) is 0 Å². The van der Waals surface area contributed by atoms with E-state index in [1.807, 2.05) is 0 Å². The summed E-state index contributed by atoms with van der Waals surface area (Å²) in [5.41, 5.74) is 8.10. The average Bonchev–Trinajstić information content (AvgIpc) is 3.59. The van der Waals surface area contributed by atoms with Crippen LogP contribution < -0.4 is 0 Å². The Labute approximate surface area is 355 Å². The number of benzene rings is 5. The number of fused-ring (bicyclic) bond motifs is 10. The van der Waals surface area contributed by atoms with Crippen molar-refractivity contribution in [2.75, 3.05) is 0 Å². The zero-order valence-corrected chi connectivity index (χ0v) is 36.2. The molecule has 0 spiro atoms. The molecule has 5 aromatic carbocycles. The fourth-order valence-corrected chi connectivity index (χ4v) is 12.9. The maximum Gasteiger partial charge on any atom is 0.165 e. The molecule has 2 bridgehead atoms. The molecule has 304 valence electrons. The molecular formula is C55H59N5. The Bertz CT molecular complexity index is 2820. The molecule has 4 fully saturated rings. The van der Waals surface area contributed by atoms with Gasteiger partial charge in [0.2, 0.25) is 0 Å². The molecule has 4 saturated carbocycles. The fraction of sp³-hybridized carbons (Fsp3) is 0.400. The summed E-state index contributed by atoms with van der Waals surface area (Å²) in [6, 6.07) is 42.5. The highest BCUT2D eigenvalue weighted by Crippen LogP contribution is 2.54. The summed E-state index contributed by atoms with van der Waals surface area (Å²) in [6.45, 7) is 12.3. The first-order chi connectivity index (χ1) is 29.2. The van der Waals surface area contributed by atoms with Crippen LogP contribution in [0.1, 0.15) is 110 Å². The summed E-state index contributed by atoms with van der Waals surface area (Å²) in [5, 5.41) is 5.03. The summed E-state index contributed by atoms with van der Waals surface area (Å²) in [5.74, 6) is 6.42. The molecule has 12 rings (SSSR count). The molecule has 3 heterocycles. The van der Waals surface area contributed by atoms with E-state index in [9.17, 15) is 0 Å². The van der Waals surface area contributed by atoms with E-state index in [1.54, 1.807) is 0 Å². The Hall–Kier alpha value is -5.29. The standard InChI is InChI=1S/C55H59N5/c1-6-54(31-35(2)23-24-36(3)32-54)52-56-51(57-53(58-52)55-28-27-39(38(5)34-55)29-37(4)33-55)44-18-10-14-22-49(44)60-48-21-13-9-17-43(48)45-30-40(25-26-50(45)60)59-46-19-11-7-15-41(46)42-16-8-12-20-47(42)59/h7-22,25-26,30,35-39H,6,23-24,27-29,31-34H2,1-5H3/t35-,36+,37-,38-,39?,54?,55?/m1/s1. The molecule has 0 saturated heterocycles. The van der Waals surface area contributed by atoms with E-state index in [-0.39, 0.29) is 10.8 Å². The van der Waals surface area contributed by atoms with Crippen molar-refractivity contribution in [1.29, 1.82) is 0 Å². The molecule has 7 atom stereocenters. The summed E-state index contributed by atoms with van der Waals surface area (Å²) in [7, 11) is 0. The van der Waals surface area contributed by atoms with Crippen LogP contribution in [0.3, 0.4) is 0 Å². The molecule has 3 aromatic heterocycles. The van der Waals surface area contributed by atoms with Crippen LogP contribution in [-0.2, 0) is 10.8 Å². The minimum Gasteiger partial charge on any atom is -0.309 e. The summed E-state index contributed by atoms with van der Waals surface area (Å²) < 4.78 is 4.91. The summed E-state index contributed by atoms with van der Waals surface area (Å²) in [4.78, 5) is 17.2. The lowest BCUT2D eigenvalue weighted by molar-refractivity contribution is 0.176. The van der Waals surface area contributed by atoms with Gasteiger partial charge in [0.05, 0.1) is 27.8 Å². The van der Waals surface area contributed by atoms with E-state index in [0.29, 0.717) is 23.7 Å². The lowest BCUT2D eigenvalue weighted by Gasteiger charge is -2.40. The number of hydrogen-bond donors (Lipinski definition) is 0. The van der Waals surface area contributed by atoms with Crippen molar-refractivity contribution in [3.63, 3.8) is 0 Å². The van der Waals surface area contributed by atoms with Crippen molar-refractivity contribution < 1.29 is 0 Å². The second-order valence-electron chi connectivity index (χ2n) is 19.9. The van der Waals surface area contributed by atoms with Crippen LogP contribution in [0.5, 0.6) is 0 Å². The highest BCUT2D eigenvalue weighted by molar-refractivity contribution is 6.12. The first-order valence-electron chi connectivity index (χ1n) is 23.1. The fourth-order valence-electron chi connectivity index (χ4n) is 12.9. The maximum absolute atomic E-state index is 5.78. The monoisotopic (exact) mass is 789 g/mol. The van der Waals surface area contributed by atoms with Crippen LogP contribution in [0.15, 0.2) is 115 Å². The van der Waals surface area contributed by atoms with E-state index in [2.05, 4.69) is 159 Å². The number of para-hydroxylation sites is 4. The molecular weight excluding hydrogens is 731 g/mol. The van der Waals surface area contributed by atoms with Crippen LogP contribution in [0.25, 0.3) is 66.4 Å². The van der Waals surface area contributed by atoms with Gasteiger partial charge in [0.15, 0.2) is 5.82 Å². The molecule has 5 heteroatoms. The number of nitrogens with zero attached hydrogens (tertiary/aromatic N) is 5. The minimum atomic E-state index is -0.0669. The summed E-state index contributed by atoms with van der Waals surface area (Å²) >= 11 is 0.